The number of urea groups is 1. The first-order chi connectivity index (χ1) is 11.5. The van der Waals surface area contributed by atoms with Crippen LogP contribution in [0.1, 0.15) is 44.6 Å². The topological polar surface area (TPSA) is 58.6 Å². The van der Waals surface area contributed by atoms with Gasteiger partial charge in [-0.25, -0.2) is 4.79 Å². The number of ether oxygens (including phenoxy) is 1. The largest absolute Gasteiger partial charge is 0.496 e. The van der Waals surface area contributed by atoms with Crippen molar-refractivity contribution in [3.63, 3.8) is 0 Å². The number of nitrogens with one attached hydrogen (secondary N) is 1. The predicted octanol–water partition coefficient (Wildman–Crippen LogP) is 3.74. The number of nitrogens with zero attached hydrogens (tertiary/aromatic N) is 1. The Morgan fingerprint density at radius 1 is 1.33 bits per heavy atom. The smallest absolute Gasteiger partial charge is 0.325 e. The molecular formula is C18H23ClN2O3. The van der Waals surface area contributed by atoms with Crippen molar-refractivity contribution in [1.82, 2.24) is 10.2 Å². The van der Waals surface area contributed by atoms with Crippen LogP contribution in [0.3, 0.4) is 0 Å². The molecule has 0 radical (unpaired) electrons. The molecule has 1 aliphatic heterocycles. The Balaban J connectivity index is 1.79. The number of imide groups is 1. The van der Waals surface area contributed by atoms with Gasteiger partial charge in [-0.2, -0.15) is 0 Å². The molecule has 24 heavy (non-hydrogen) atoms. The lowest BCUT2D eigenvalue weighted by Gasteiger charge is -2.34. The van der Waals surface area contributed by atoms with Crippen LogP contribution in [0.2, 0.25) is 5.02 Å². The molecule has 0 bridgehead atoms. The lowest BCUT2D eigenvalue weighted by atomic mass is 9.75. The van der Waals surface area contributed by atoms with Crippen molar-refractivity contribution in [2.24, 2.45) is 5.92 Å². The standard InChI is InChI=1S/C18H23ClN2O3/c1-3-12-6-8-18(9-7-12)16(22)21(17(23)20-18)11-13-10-14(19)4-5-15(13)24-2/h4-5,10,12H,3,6-9,11H2,1-2H3,(H,20,23). The molecule has 6 heteroatoms. The summed E-state index contributed by atoms with van der Waals surface area (Å²) in [5, 5.41) is 3.50. The summed E-state index contributed by atoms with van der Waals surface area (Å²) in [4.78, 5) is 26.7. The van der Waals surface area contributed by atoms with Crippen molar-refractivity contribution in [3.05, 3.63) is 28.8 Å². The maximum atomic E-state index is 12.9. The molecule has 1 saturated carbocycles. The number of methoxy groups -OCH3 is 1. The van der Waals surface area contributed by atoms with E-state index in [1.807, 2.05) is 0 Å². The van der Waals surface area contributed by atoms with Gasteiger partial charge in [0.25, 0.3) is 5.91 Å². The minimum Gasteiger partial charge on any atom is -0.496 e. The summed E-state index contributed by atoms with van der Waals surface area (Å²) in [6, 6.07) is 4.89. The zero-order chi connectivity index (χ0) is 17.3. The number of hydrogen-bond acceptors (Lipinski definition) is 3. The maximum Gasteiger partial charge on any atom is 0.325 e. The lowest BCUT2D eigenvalue weighted by Crippen LogP contribution is -2.49. The highest BCUT2D eigenvalue weighted by atomic mass is 35.5. The number of amides is 3. The van der Waals surface area contributed by atoms with Gasteiger partial charge in [-0.3, -0.25) is 9.69 Å². The number of hydrogen-bond donors (Lipinski definition) is 1. The minimum atomic E-state index is -0.714. The van der Waals surface area contributed by atoms with E-state index >= 15 is 0 Å². The van der Waals surface area contributed by atoms with E-state index in [0.29, 0.717) is 16.7 Å². The molecule has 1 aromatic carbocycles. The van der Waals surface area contributed by atoms with Crippen LogP contribution in [0.15, 0.2) is 18.2 Å². The summed E-state index contributed by atoms with van der Waals surface area (Å²) < 4.78 is 5.32. The first-order valence-corrected chi connectivity index (χ1v) is 8.83. The highest BCUT2D eigenvalue weighted by Crippen LogP contribution is 2.38. The molecule has 1 N–H and O–H groups in total. The second-order valence-corrected chi connectivity index (χ2v) is 7.15. The number of carbonyl (C=O) groups excluding carboxylic acids is 2. The van der Waals surface area contributed by atoms with Gasteiger partial charge in [0.1, 0.15) is 11.3 Å². The summed E-state index contributed by atoms with van der Waals surface area (Å²) in [5.74, 6) is 1.15. The van der Waals surface area contributed by atoms with Gasteiger partial charge in [0.15, 0.2) is 0 Å². The highest BCUT2D eigenvalue weighted by Gasteiger charge is 2.52. The Labute approximate surface area is 147 Å². The maximum absolute atomic E-state index is 12.9. The van der Waals surface area contributed by atoms with E-state index in [0.717, 1.165) is 37.7 Å². The van der Waals surface area contributed by atoms with Crippen molar-refractivity contribution < 1.29 is 14.3 Å². The van der Waals surface area contributed by atoms with Gasteiger partial charge in [-0.1, -0.05) is 24.9 Å². The molecule has 3 rings (SSSR count). The van der Waals surface area contributed by atoms with Gasteiger partial charge in [-0.15, -0.1) is 0 Å². The Morgan fingerprint density at radius 2 is 2.04 bits per heavy atom. The SMILES string of the molecule is CCC1CCC2(CC1)NC(=O)N(Cc1cc(Cl)ccc1OC)C2=O. The fourth-order valence-electron chi connectivity index (χ4n) is 3.78. The van der Waals surface area contributed by atoms with E-state index in [2.05, 4.69) is 12.2 Å². The molecule has 2 fully saturated rings. The number of halogens is 1. The van der Waals surface area contributed by atoms with Gasteiger partial charge in [-0.05, 0) is 49.8 Å². The van der Waals surface area contributed by atoms with Crippen LogP contribution in [-0.2, 0) is 11.3 Å². The summed E-state index contributed by atoms with van der Waals surface area (Å²) in [6.45, 7) is 2.35. The molecule has 5 nitrogen and oxygen atoms in total. The zero-order valence-electron chi connectivity index (χ0n) is 14.1. The third-order valence-corrected chi connectivity index (χ3v) is 5.59. The third kappa shape index (κ3) is 2.97. The predicted molar refractivity (Wildman–Crippen MR) is 92.1 cm³/mol. The molecule has 1 spiro atoms. The summed E-state index contributed by atoms with van der Waals surface area (Å²) in [7, 11) is 1.56. The van der Waals surface area contributed by atoms with Gasteiger partial charge in [0.2, 0.25) is 0 Å². The molecule has 130 valence electrons. The summed E-state index contributed by atoms with van der Waals surface area (Å²) in [6.07, 6.45) is 4.54. The van der Waals surface area contributed by atoms with Gasteiger partial charge >= 0.3 is 6.03 Å². The van der Waals surface area contributed by atoms with Crippen molar-refractivity contribution in [2.45, 2.75) is 51.1 Å². The van der Waals surface area contributed by atoms with Crippen LogP contribution < -0.4 is 10.1 Å². The molecule has 0 unspecified atom stereocenters. The Kier molecular flexibility index (Phi) is 4.72. The molecule has 0 atom stereocenters. The molecular weight excluding hydrogens is 328 g/mol. The summed E-state index contributed by atoms with van der Waals surface area (Å²) in [5.41, 5.74) is 0.0157. The van der Waals surface area contributed by atoms with Crippen molar-refractivity contribution >= 4 is 23.5 Å². The van der Waals surface area contributed by atoms with Gasteiger partial charge in [0, 0.05) is 10.6 Å². The first kappa shape index (κ1) is 17.1. The van der Waals surface area contributed by atoms with Gasteiger partial charge < -0.3 is 10.1 Å². The van der Waals surface area contributed by atoms with Gasteiger partial charge in [0.05, 0.1) is 13.7 Å². The fourth-order valence-corrected chi connectivity index (χ4v) is 3.97. The average molecular weight is 351 g/mol. The minimum absolute atomic E-state index is 0.121. The van der Waals surface area contributed by atoms with Crippen molar-refractivity contribution in [2.75, 3.05) is 7.11 Å². The van der Waals surface area contributed by atoms with E-state index in [9.17, 15) is 9.59 Å². The quantitative estimate of drug-likeness (QED) is 0.841. The van der Waals surface area contributed by atoms with Crippen LogP contribution in [0.5, 0.6) is 5.75 Å². The lowest BCUT2D eigenvalue weighted by molar-refractivity contribution is -0.133. The monoisotopic (exact) mass is 350 g/mol. The molecule has 1 aromatic rings. The summed E-state index contributed by atoms with van der Waals surface area (Å²) >= 11 is 6.05. The van der Waals surface area contributed by atoms with Crippen LogP contribution in [0.25, 0.3) is 0 Å². The Bertz CT molecular complexity index is 654. The Morgan fingerprint density at radius 3 is 2.67 bits per heavy atom. The van der Waals surface area contributed by atoms with E-state index in [4.69, 9.17) is 16.3 Å². The van der Waals surface area contributed by atoms with Crippen molar-refractivity contribution in [3.8, 4) is 5.75 Å². The van der Waals surface area contributed by atoms with Crippen molar-refractivity contribution in [1.29, 1.82) is 0 Å². The van der Waals surface area contributed by atoms with Crippen LogP contribution in [0, 0.1) is 5.92 Å². The number of benzene rings is 1. The number of rotatable bonds is 4. The van der Waals surface area contributed by atoms with E-state index in [-0.39, 0.29) is 18.5 Å². The van der Waals surface area contributed by atoms with E-state index < -0.39 is 5.54 Å². The van der Waals surface area contributed by atoms with E-state index in [1.54, 1.807) is 25.3 Å². The fraction of sp³-hybridized carbons (Fsp3) is 0.556. The molecule has 3 amide bonds. The normalized spacial score (nSPS) is 26.8. The molecule has 0 aromatic heterocycles. The highest BCUT2D eigenvalue weighted by molar-refractivity contribution is 6.30. The van der Waals surface area contributed by atoms with Crippen LogP contribution >= 0.6 is 11.6 Å². The molecule has 1 aliphatic carbocycles. The zero-order valence-corrected chi connectivity index (χ0v) is 14.9. The van der Waals surface area contributed by atoms with Crippen LogP contribution in [-0.4, -0.2) is 29.5 Å². The molecule has 1 heterocycles. The third-order valence-electron chi connectivity index (χ3n) is 5.35. The molecule has 2 aliphatic rings. The second-order valence-electron chi connectivity index (χ2n) is 6.71. The van der Waals surface area contributed by atoms with E-state index in [1.165, 1.54) is 4.90 Å². The first-order valence-electron chi connectivity index (χ1n) is 8.45. The number of carbonyl (C=O) groups is 2. The van der Waals surface area contributed by atoms with Crippen LogP contribution in [0.4, 0.5) is 4.79 Å². The Hall–Kier alpha value is -1.75. The molecule has 1 saturated heterocycles. The second kappa shape index (κ2) is 6.63. The average Bonchev–Trinajstić information content (AvgIpc) is 2.80.